The van der Waals surface area contributed by atoms with Crippen LogP contribution < -0.4 is 5.32 Å². The summed E-state index contributed by atoms with van der Waals surface area (Å²) in [6.07, 6.45) is 3.95. The molecule has 0 aromatic heterocycles. The topological polar surface area (TPSA) is 52.6 Å². The average molecular weight is 242 g/mol. The lowest BCUT2D eigenvalue weighted by Crippen LogP contribution is -2.41. The van der Waals surface area contributed by atoms with Crippen molar-refractivity contribution < 1.29 is 9.90 Å². The van der Waals surface area contributed by atoms with Gasteiger partial charge in [-0.1, -0.05) is 13.8 Å². The lowest BCUT2D eigenvalue weighted by atomic mass is 10.1. The van der Waals surface area contributed by atoms with Gasteiger partial charge in [-0.05, 0) is 32.2 Å². The van der Waals surface area contributed by atoms with E-state index in [2.05, 4.69) is 12.2 Å². The molecule has 0 saturated carbocycles. The molecule has 1 fully saturated rings. The van der Waals surface area contributed by atoms with E-state index < -0.39 is 0 Å². The number of aliphatic hydroxyl groups is 1. The van der Waals surface area contributed by atoms with E-state index in [4.69, 9.17) is 5.11 Å². The molecule has 4 nitrogen and oxygen atoms in total. The average Bonchev–Trinajstić information content (AvgIpc) is 2.80. The minimum Gasteiger partial charge on any atom is -0.396 e. The zero-order valence-corrected chi connectivity index (χ0v) is 11.1. The van der Waals surface area contributed by atoms with Crippen LogP contribution in [-0.2, 0) is 4.79 Å². The standard InChI is InChI=1S/C13H26N2O2/c1-3-14-10-11(2)13(17)15-8-4-6-12(15)7-5-9-16/h11-12,14,16H,3-10H2,1-2H3. The van der Waals surface area contributed by atoms with Gasteiger partial charge in [-0.15, -0.1) is 0 Å². The number of carbonyl (C=O) groups excluding carboxylic acids is 1. The minimum absolute atomic E-state index is 0.0599. The monoisotopic (exact) mass is 242 g/mol. The first-order chi connectivity index (χ1) is 8.20. The van der Waals surface area contributed by atoms with Crippen LogP contribution in [0.3, 0.4) is 0 Å². The molecule has 1 rings (SSSR count). The fraction of sp³-hybridized carbons (Fsp3) is 0.923. The Morgan fingerprint density at radius 2 is 2.35 bits per heavy atom. The molecule has 100 valence electrons. The van der Waals surface area contributed by atoms with Gasteiger partial charge in [0, 0.05) is 31.7 Å². The molecule has 1 aliphatic heterocycles. The number of hydrogen-bond acceptors (Lipinski definition) is 3. The second kappa shape index (κ2) is 7.67. The van der Waals surface area contributed by atoms with E-state index in [0.717, 1.165) is 45.3 Å². The quantitative estimate of drug-likeness (QED) is 0.700. The van der Waals surface area contributed by atoms with E-state index in [1.54, 1.807) is 0 Å². The van der Waals surface area contributed by atoms with Gasteiger partial charge >= 0.3 is 0 Å². The van der Waals surface area contributed by atoms with Crippen molar-refractivity contribution in [3.05, 3.63) is 0 Å². The van der Waals surface area contributed by atoms with Crippen LogP contribution >= 0.6 is 0 Å². The van der Waals surface area contributed by atoms with Crippen molar-refractivity contribution in [3.8, 4) is 0 Å². The summed E-state index contributed by atoms with van der Waals surface area (Å²) in [4.78, 5) is 14.3. The van der Waals surface area contributed by atoms with Crippen molar-refractivity contribution in [2.75, 3.05) is 26.2 Å². The van der Waals surface area contributed by atoms with Gasteiger partial charge < -0.3 is 15.3 Å². The van der Waals surface area contributed by atoms with Gasteiger partial charge in [0.2, 0.25) is 5.91 Å². The molecule has 1 amide bonds. The lowest BCUT2D eigenvalue weighted by Gasteiger charge is -2.27. The molecular formula is C13H26N2O2. The largest absolute Gasteiger partial charge is 0.396 e. The fourth-order valence-corrected chi connectivity index (χ4v) is 2.48. The first-order valence-corrected chi connectivity index (χ1v) is 6.82. The number of amides is 1. The highest BCUT2D eigenvalue weighted by atomic mass is 16.3. The summed E-state index contributed by atoms with van der Waals surface area (Å²) in [6, 6.07) is 0.360. The fourth-order valence-electron chi connectivity index (χ4n) is 2.48. The van der Waals surface area contributed by atoms with Crippen LogP contribution in [0.1, 0.15) is 39.5 Å². The molecule has 0 aromatic carbocycles. The van der Waals surface area contributed by atoms with E-state index in [0.29, 0.717) is 6.04 Å². The maximum absolute atomic E-state index is 12.2. The zero-order valence-electron chi connectivity index (χ0n) is 11.1. The van der Waals surface area contributed by atoms with Gasteiger partial charge in [-0.3, -0.25) is 4.79 Å². The summed E-state index contributed by atoms with van der Waals surface area (Å²) in [5, 5.41) is 12.1. The molecule has 2 N–H and O–H groups in total. The highest BCUT2D eigenvalue weighted by molar-refractivity contribution is 5.79. The predicted octanol–water partition coefficient (Wildman–Crippen LogP) is 0.995. The molecule has 0 aromatic rings. The number of carbonyl (C=O) groups is 1. The number of aliphatic hydroxyl groups excluding tert-OH is 1. The van der Waals surface area contributed by atoms with E-state index in [9.17, 15) is 4.79 Å². The van der Waals surface area contributed by atoms with Crippen LogP contribution in [0.2, 0.25) is 0 Å². The van der Waals surface area contributed by atoms with Gasteiger partial charge in [0.1, 0.15) is 0 Å². The Kier molecular flexibility index (Phi) is 6.52. The third kappa shape index (κ3) is 4.28. The summed E-state index contributed by atoms with van der Waals surface area (Å²) < 4.78 is 0. The summed E-state index contributed by atoms with van der Waals surface area (Å²) in [5.41, 5.74) is 0. The Bertz CT molecular complexity index is 233. The molecule has 2 unspecified atom stereocenters. The molecule has 17 heavy (non-hydrogen) atoms. The molecule has 4 heteroatoms. The molecule has 0 bridgehead atoms. The van der Waals surface area contributed by atoms with Crippen molar-refractivity contribution in [2.45, 2.75) is 45.6 Å². The number of likely N-dealkylation sites (tertiary alicyclic amines) is 1. The van der Waals surface area contributed by atoms with Crippen LogP contribution in [0.15, 0.2) is 0 Å². The highest BCUT2D eigenvalue weighted by Gasteiger charge is 2.30. The van der Waals surface area contributed by atoms with Gasteiger partial charge in [0.05, 0.1) is 0 Å². The maximum atomic E-state index is 12.2. The minimum atomic E-state index is 0.0599. The summed E-state index contributed by atoms with van der Waals surface area (Å²) in [5.74, 6) is 0.330. The normalized spacial score (nSPS) is 21.8. The van der Waals surface area contributed by atoms with Crippen molar-refractivity contribution in [1.29, 1.82) is 0 Å². The smallest absolute Gasteiger partial charge is 0.226 e. The maximum Gasteiger partial charge on any atom is 0.226 e. The van der Waals surface area contributed by atoms with Crippen molar-refractivity contribution in [1.82, 2.24) is 10.2 Å². The summed E-state index contributed by atoms with van der Waals surface area (Å²) in [6.45, 7) is 6.84. The van der Waals surface area contributed by atoms with Gasteiger partial charge in [-0.2, -0.15) is 0 Å². The Balaban J connectivity index is 2.43. The number of nitrogens with zero attached hydrogens (tertiary/aromatic N) is 1. The molecule has 1 heterocycles. The van der Waals surface area contributed by atoms with Crippen LogP contribution in [0.4, 0.5) is 0 Å². The molecule has 2 atom stereocenters. The van der Waals surface area contributed by atoms with Gasteiger partial charge in [0.25, 0.3) is 0 Å². The highest BCUT2D eigenvalue weighted by Crippen LogP contribution is 2.23. The lowest BCUT2D eigenvalue weighted by molar-refractivity contribution is -0.135. The summed E-state index contributed by atoms with van der Waals surface area (Å²) >= 11 is 0. The Hall–Kier alpha value is -0.610. The second-order valence-electron chi connectivity index (χ2n) is 4.90. The molecule has 0 radical (unpaired) electrons. The second-order valence-corrected chi connectivity index (χ2v) is 4.90. The van der Waals surface area contributed by atoms with Crippen LogP contribution in [0, 0.1) is 5.92 Å². The van der Waals surface area contributed by atoms with E-state index in [1.165, 1.54) is 0 Å². The number of hydrogen-bond donors (Lipinski definition) is 2. The number of nitrogens with one attached hydrogen (secondary N) is 1. The summed E-state index contributed by atoms with van der Waals surface area (Å²) in [7, 11) is 0. The zero-order chi connectivity index (χ0) is 12.7. The van der Waals surface area contributed by atoms with Crippen LogP contribution in [0.5, 0.6) is 0 Å². The molecule has 1 saturated heterocycles. The van der Waals surface area contributed by atoms with Crippen molar-refractivity contribution >= 4 is 5.91 Å². The van der Waals surface area contributed by atoms with Gasteiger partial charge in [0.15, 0.2) is 0 Å². The van der Waals surface area contributed by atoms with Crippen LogP contribution in [0.25, 0.3) is 0 Å². The molecule has 1 aliphatic rings. The van der Waals surface area contributed by atoms with Crippen LogP contribution in [-0.4, -0.2) is 48.2 Å². The third-order valence-electron chi connectivity index (χ3n) is 3.48. The first kappa shape index (κ1) is 14.5. The first-order valence-electron chi connectivity index (χ1n) is 6.82. The van der Waals surface area contributed by atoms with Crippen molar-refractivity contribution in [3.63, 3.8) is 0 Å². The predicted molar refractivity (Wildman–Crippen MR) is 68.8 cm³/mol. The van der Waals surface area contributed by atoms with E-state index >= 15 is 0 Å². The Labute approximate surface area is 104 Å². The molecule has 0 aliphatic carbocycles. The molecule has 0 spiro atoms. The van der Waals surface area contributed by atoms with E-state index in [-0.39, 0.29) is 18.4 Å². The number of rotatable bonds is 7. The van der Waals surface area contributed by atoms with E-state index in [1.807, 2.05) is 11.8 Å². The SMILES string of the molecule is CCNCC(C)C(=O)N1CCCC1CCCO. The Morgan fingerprint density at radius 3 is 3.00 bits per heavy atom. The molecular weight excluding hydrogens is 216 g/mol. The van der Waals surface area contributed by atoms with Crippen molar-refractivity contribution in [2.24, 2.45) is 5.92 Å². The third-order valence-corrected chi connectivity index (χ3v) is 3.48. The Morgan fingerprint density at radius 1 is 1.59 bits per heavy atom. The van der Waals surface area contributed by atoms with Gasteiger partial charge in [-0.25, -0.2) is 0 Å².